The van der Waals surface area contributed by atoms with Crippen molar-refractivity contribution in [3.05, 3.63) is 35.4 Å². The first-order valence-corrected chi connectivity index (χ1v) is 8.66. The Bertz CT molecular complexity index is 739. The maximum atomic E-state index is 12.6. The van der Waals surface area contributed by atoms with E-state index < -0.39 is 11.1 Å². The zero-order valence-corrected chi connectivity index (χ0v) is 14.7. The van der Waals surface area contributed by atoms with E-state index in [1.54, 1.807) is 29.2 Å². The number of carbonyl (C=O) groups excluding carboxylic acids is 3. The van der Waals surface area contributed by atoms with E-state index in [1.807, 2.05) is 20.8 Å². The summed E-state index contributed by atoms with van der Waals surface area (Å²) in [5.41, 5.74) is -0.149. The molecule has 0 N–H and O–H groups in total. The third kappa shape index (κ3) is 2.42. The Kier molecular flexibility index (Phi) is 3.27. The van der Waals surface area contributed by atoms with Crippen molar-refractivity contribution in [2.45, 2.75) is 44.8 Å². The Hall–Kier alpha value is -2.37. The van der Waals surface area contributed by atoms with E-state index in [-0.39, 0.29) is 24.5 Å². The molecule has 3 aliphatic heterocycles. The lowest BCUT2D eigenvalue weighted by molar-refractivity contribution is -0.000873. The summed E-state index contributed by atoms with van der Waals surface area (Å²) in [6, 6.07) is 6.87. The molecule has 6 nitrogen and oxygen atoms in total. The Morgan fingerprint density at radius 3 is 2.24 bits per heavy atom. The number of carbonyl (C=O) groups is 3. The lowest BCUT2D eigenvalue weighted by Crippen LogP contribution is -2.57. The Balaban J connectivity index is 1.56. The van der Waals surface area contributed by atoms with Crippen LogP contribution in [0.2, 0.25) is 0 Å². The number of nitrogens with zero attached hydrogens (tertiary/aromatic N) is 2. The van der Waals surface area contributed by atoms with Crippen LogP contribution in [0.1, 0.15) is 54.3 Å². The summed E-state index contributed by atoms with van der Waals surface area (Å²) in [4.78, 5) is 40.9. The highest BCUT2D eigenvalue weighted by molar-refractivity contribution is 6.21. The van der Waals surface area contributed by atoms with Crippen LogP contribution in [-0.4, -0.2) is 51.9 Å². The maximum absolute atomic E-state index is 12.6. The van der Waals surface area contributed by atoms with Crippen LogP contribution in [-0.2, 0) is 4.74 Å². The van der Waals surface area contributed by atoms with Crippen molar-refractivity contribution in [3.63, 3.8) is 0 Å². The molecule has 0 atom stereocenters. The smallest absolute Gasteiger partial charge is 0.410 e. The van der Waals surface area contributed by atoms with E-state index in [2.05, 4.69) is 0 Å². The second-order valence-corrected chi connectivity index (χ2v) is 8.33. The van der Waals surface area contributed by atoms with E-state index in [9.17, 15) is 14.4 Å². The monoisotopic (exact) mass is 342 g/mol. The summed E-state index contributed by atoms with van der Waals surface area (Å²) in [5.74, 6) is -0.105. The van der Waals surface area contributed by atoms with Crippen molar-refractivity contribution in [1.29, 1.82) is 0 Å². The average molecular weight is 342 g/mol. The van der Waals surface area contributed by atoms with E-state index in [4.69, 9.17) is 4.74 Å². The standard InChI is InChI=1S/C19H22N2O4/c1-18(2,3)25-17(24)21-10-12-8-19(21,9-12)11-20-15(22)13-6-4-5-7-14(13)16(20)23/h4-7,12H,8-11H2,1-3H3/t12-,19+. The minimum absolute atomic E-state index is 0.245. The Morgan fingerprint density at radius 1 is 1.16 bits per heavy atom. The third-order valence-electron chi connectivity index (χ3n) is 5.30. The van der Waals surface area contributed by atoms with Gasteiger partial charge in [0.15, 0.2) is 0 Å². The fourth-order valence-corrected chi connectivity index (χ4v) is 4.29. The molecule has 5 rings (SSSR count). The molecule has 2 saturated heterocycles. The van der Waals surface area contributed by atoms with Gasteiger partial charge in [0.1, 0.15) is 5.60 Å². The van der Waals surface area contributed by atoms with Gasteiger partial charge < -0.3 is 9.64 Å². The highest BCUT2D eigenvalue weighted by Crippen LogP contribution is 2.51. The molecule has 1 aromatic rings. The fraction of sp³-hybridized carbons (Fsp3) is 0.526. The van der Waals surface area contributed by atoms with E-state index in [0.717, 1.165) is 12.8 Å². The summed E-state index contributed by atoms with van der Waals surface area (Å²) >= 11 is 0. The SMILES string of the molecule is CC(C)(C)OC(=O)N1C[C@H]2C[C@]1(CN1C(=O)c3ccccc3C1=O)C2. The molecule has 1 saturated carbocycles. The molecule has 4 aliphatic rings. The predicted octanol–water partition coefficient (Wildman–Crippen LogP) is 2.68. The van der Waals surface area contributed by atoms with Gasteiger partial charge in [-0.3, -0.25) is 14.5 Å². The lowest BCUT2D eigenvalue weighted by atomic mass is 9.73. The molecule has 3 amide bonds. The molecule has 0 aromatic heterocycles. The van der Waals surface area contributed by atoms with Gasteiger partial charge in [-0.15, -0.1) is 0 Å². The zero-order valence-electron chi connectivity index (χ0n) is 14.7. The van der Waals surface area contributed by atoms with Crippen LogP contribution in [0.15, 0.2) is 24.3 Å². The first kappa shape index (κ1) is 16.1. The lowest BCUT2D eigenvalue weighted by Gasteiger charge is -2.43. The highest BCUT2D eigenvalue weighted by atomic mass is 16.6. The summed E-state index contributed by atoms with van der Waals surface area (Å²) in [6.07, 6.45) is 1.28. The van der Waals surface area contributed by atoms with Crippen molar-refractivity contribution >= 4 is 17.9 Å². The molecule has 25 heavy (non-hydrogen) atoms. The number of hydrogen-bond acceptors (Lipinski definition) is 4. The van der Waals surface area contributed by atoms with Crippen molar-refractivity contribution in [3.8, 4) is 0 Å². The number of hydrogen-bond donors (Lipinski definition) is 0. The predicted molar refractivity (Wildman–Crippen MR) is 90.2 cm³/mol. The van der Waals surface area contributed by atoms with Gasteiger partial charge in [-0.2, -0.15) is 0 Å². The van der Waals surface area contributed by atoms with Crippen LogP contribution in [0.4, 0.5) is 4.79 Å². The third-order valence-corrected chi connectivity index (χ3v) is 5.30. The number of rotatable bonds is 2. The van der Waals surface area contributed by atoms with Gasteiger partial charge in [0, 0.05) is 6.54 Å². The molecule has 1 aliphatic carbocycles. The summed E-state index contributed by atoms with van der Waals surface area (Å²) in [7, 11) is 0. The maximum Gasteiger partial charge on any atom is 0.410 e. The van der Waals surface area contributed by atoms with Crippen LogP contribution in [0.3, 0.4) is 0 Å². The average Bonchev–Trinajstić information content (AvgIpc) is 3.11. The molecule has 1 aromatic carbocycles. The largest absolute Gasteiger partial charge is 0.444 e. The molecule has 3 heterocycles. The van der Waals surface area contributed by atoms with E-state index in [0.29, 0.717) is 23.6 Å². The van der Waals surface area contributed by atoms with Crippen molar-refractivity contribution < 1.29 is 19.1 Å². The fourth-order valence-electron chi connectivity index (χ4n) is 4.29. The summed E-state index contributed by atoms with van der Waals surface area (Å²) in [6.45, 7) is 6.39. The van der Waals surface area contributed by atoms with Crippen molar-refractivity contribution in [1.82, 2.24) is 9.80 Å². The quantitative estimate of drug-likeness (QED) is 0.775. The minimum atomic E-state index is -0.569. The highest BCUT2D eigenvalue weighted by Gasteiger charge is 2.60. The minimum Gasteiger partial charge on any atom is -0.444 e. The van der Waals surface area contributed by atoms with Crippen LogP contribution in [0, 0.1) is 5.92 Å². The molecule has 0 unspecified atom stereocenters. The second kappa shape index (κ2) is 5.07. The molecule has 2 bridgehead atoms. The topological polar surface area (TPSA) is 66.9 Å². The van der Waals surface area contributed by atoms with Crippen LogP contribution in [0.25, 0.3) is 0 Å². The van der Waals surface area contributed by atoms with Gasteiger partial charge in [0.2, 0.25) is 0 Å². The summed E-state index contributed by atoms with van der Waals surface area (Å²) < 4.78 is 5.52. The van der Waals surface area contributed by atoms with Crippen LogP contribution < -0.4 is 0 Å². The van der Waals surface area contributed by atoms with Gasteiger partial charge in [0.25, 0.3) is 11.8 Å². The Labute approximate surface area is 146 Å². The molecule has 6 heteroatoms. The number of ether oxygens (including phenoxy) is 1. The number of imide groups is 1. The van der Waals surface area contributed by atoms with Gasteiger partial charge >= 0.3 is 6.09 Å². The molecule has 3 fully saturated rings. The van der Waals surface area contributed by atoms with E-state index in [1.165, 1.54) is 4.90 Å². The molecular weight excluding hydrogens is 320 g/mol. The first-order chi connectivity index (χ1) is 11.7. The van der Waals surface area contributed by atoms with Crippen molar-refractivity contribution in [2.75, 3.05) is 13.1 Å². The van der Waals surface area contributed by atoms with Gasteiger partial charge in [0.05, 0.1) is 23.2 Å². The van der Waals surface area contributed by atoms with Gasteiger partial charge in [-0.05, 0) is 51.7 Å². The summed E-state index contributed by atoms with van der Waals surface area (Å²) in [5, 5.41) is 0. The molecule has 0 radical (unpaired) electrons. The molecule has 0 spiro atoms. The molecule has 132 valence electrons. The second-order valence-electron chi connectivity index (χ2n) is 8.33. The normalized spacial score (nSPS) is 27.4. The van der Waals surface area contributed by atoms with Crippen LogP contribution >= 0.6 is 0 Å². The van der Waals surface area contributed by atoms with Gasteiger partial charge in [-0.1, -0.05) is 12.1 Å². The van der Waals surface area contributed by atoms with Gasteiger partial charge in [-0.25, -0.2) is 4.79 Å². The number of amides is 3. The first-order valence-electron chi connectivity index (χ1n) is 8.66. The van der Waals surface area contributed by atoms with Crippen LogP contribution in [0.5, 0.6) is 0 Å². The zero-order chi connectivity index (χ0) is 18.0. The molecular formula is C19H22N2O4. The van der Waals surface area contributed by atoms with E-state index >= 15 is 0 Å². The Morgan fingerprint density at radius 2 is 1.72 bits per heavy atom. The number of benzene rings is 1. The number of fused-ring (bicyclic) bond motifs is 2. The van der Waals surface area contributed by atoms with Crippen molar-refractivity contribution in [2.24, 2.45) is 5.92 Å².